The van der Waals surface area contributed by atoms with Gasteiger partial charge in [-0.25, -0.2) is 4.39 Å². The van der Waals surface area contributed by atoms with Crippen molar-refractivity contribution in [3.8, 4) is 0 Å². The molecular formula is C11H15BrFNO. The van der Waals surface area contributed by atoms with Gasteiger partial charge in [0.05, 0.1) is 11.1 Å². The van der Waals surface area contributed by atoms with E-state index in [0.29, 0.717) is 17.6 Å². The molecule has 0 saturated heterocycles. The lowest BCUT2D eigenvalue weighted by Crippen LogP contribution is -2.19. The minimum Gasteiger partial charge on any atom is -0.380 e. The van der Waals surface area contributed by atoms with Gasteiger partial charge in [0, 0.05) is 19.7 Å². The van der Waals surface area contributed by atoms with E-state index in [4.69, 9.17) is 4.74 Å². The zero-order valence-electron chi connectivity index (χ0n) is 8.72. The van der Waals surface area contributed by atoms with Crippen molar-refractivity contribution in [2.75, 3.05) is 19.8 Å². The van der Waals surface area contributed by atoms with Crippen LogP contribution in [-0.4, -0.2) is 19.8 Å². The molecule has 0 unspecified atom stereocenters. The summed E-state index contributed by atoms with van der Waals surface area (Å²) in [6, 6.07) is 5.13. The maximum atomic E-state index is 13.1. The highest BCUT2D eigenvalue weighted by molar-refractivity contribution is 9.10. The number of ether oxygens (including phenoxy) is 1. The molecule has 84 valence electrons. The maximum Gasteiger partial charge on any atom is 0.137 e. The molecule has 0 atom stereocenters. The van der Waals surface area contributed by atoms with E-state index in [2.05, 4.69) is 21.2 Å². The Labute approximate surface area is 98.0 Å². The zero-order valence-corrected chi connectivity index (χ0v) is 10.3. The third-order valence-electron chi connectivity index (χ3n) is 1.94. The van der Waals surface area contributed by atoms with Gasteiger partial charge in [-0.15, -0.1) is 0 Å². The number of hydrogen-bond donors (Lipinski definition) is 1. The fourth-order valence-corrected chi connectivity index (χ4v) is 1.42. The fourth-order valence-electron chi connectivity index (χ4n) is 1.17. The van der Waals surface area contributed by atoms with Gasteiger partial charge < -0.3 is 10.1 Å². The summed E-state index contributed by atoms with van der Waals surface area (Å²) in [4.78, 5) is 0. The highest BCUT2D eigenvalue weighted by Gasteiger charge is 1.99. The summed E-state index contributed by atoms with van der Waals surface area (Å²) in [5.74, 6) is -0.223. The Morgan fingerprint density at radius 2 is 2.27 bits per heavy atom. The van der Waals surface area contributed by atoms with Crippen LogP contribution in [0.1, 0.15) is 12.5 Å². The normalized spacial score (nSPS) is 10.6. The molecule has 15 heavy (non-hydrogen) atoms. The second kappa shape index (κ2) is 6.93. The van der Waals surface area contributed by atoms with Crippen molar-refractivity contribution in [1.82, 2.24) is 5.32 Å². The van der Waals surface area contributed by atoms with Gasteiger partial charge >= 0.3 is 0 Å². The number of nitrogens with one attached hydrogen (secondary N) is 1. The Balaban J connectivity index is 2.28. The SMILES string of the molecule is CCOCCNCc1ccc(Br)c(F)c1. The van der Waals surface area contributed by atoms with Crippen molar-refractivity contribution in [3.05, 3.63) is 34.1 Å². The largest absolute Gasteiger partial charge is 0.380 e. The topological polar surface area (TPSA) is 21.3 Å². The average molecular weight is 276 g/mol. The van der Waals surface area contributed by atoms with Crippen LogP contribution in [0.25, 0.3) is 0 Å². The predicted octanol–water partition coefficient (Wildman–Crippen LogP) is 2.71. The van der Waals surface area contributed by atoms with Gasteiger partial charge in [-0.05, 0) is 40.5 Å². The summed E-state index contributed by atoms with van der Waals surface area (Å²) in [6.45, 7) is 4.83. The molecule has 0 radical (unpaired) electrons. The lowest BCUT2D eigenvalue weighted by Gasteiger charge is -2.05. The Morgan fingerprint density at radius 1 is 1.47 bits per heavy atom. The predicted molar refractivity (Wildman–Crippen MR) is 62.3 cm³/mol. The molecule has 0 amide bonds. The van der Waals surface area contributed by atoms with E-state index in [0.717, 1.165) is 18.7 Å². The average Bonchev–Trinajstić information content (AvgIpc) is 2.23. The van der Waals surface area contributed by atoms with Gasteiger partial charge in [0.25, 0.3) is 0 Å². The number of halogens is 2. The monoisotopic (exact) mass is 275 g/mol. The molecule has 0 saturated carbocycles. The van der Waals surface area contributed by atoms with Gasteiger partial charge in [-0.2, -0.15) is 0 Å². The van der Waals surface area contributed by atoms with E-state index in [1.807, 2.05) is 13.0 Å². The Morgan fingerprint density at radius 3 is 2.93 bits per heavy atom. The molecule has 0 fully saturated rings. The summed E-state index contributed by atoms with van der Waals surface area (Å²) >= 11 is 3.12. The summed E-state index contributed by atoms with van der Waals surface area (Å²) in [5, 5.41) is 3.18. The van der Waals surface area contributed by atoms with Gasteiger partial charge in [0.15, 0.2) is 0 Å². The molecule has 0 aliphatic rings. The van der Waals surface area contributed by atoms with Crippen molar-refractivity contribution in [1.29, 1.82) is 0 Å². The standard InChI is InChI=1S/C11H15BrFNO/c1-2-15-6-5-14-8-9-3-4-10(12)11(13)7-9/h3-4,7,14H,2,5-6,8H2,1H3. The van der Waals surface area contributed by atoms with Crippen LogP contribution in [0.5, 0.6) is 0 Å². The Bertz CT molecular complexity index is 307. The van der Waals surface area contributed by atoms with Crippen molar-refractivity contribution < 1.29 is 9.13 Å². The lowest BCUT2D eigenvalue weighted by atomic mass is 10.2. The van der Waals surface area contributed by atoms with Crippen LogP contribution in [0.2, 0.25) is 0 Å². The van der Waals surface area contributed by atoms with E-state index in [1.54, 1.807) is 6.07 Å². The van der Waals surface area contributed by atoms with Crippen LogP contribution >= 0.6 is 15.9 Å². The molecular weight excluding hydrogens is 261 g/mol. The first-order chi connectivity index (χ1) is 7.24. The lowest BCUT2D eigenvalue weighted by molar-refractivity contribution is 0.149. The number of hydrogen-bond acceptors (Lipinski definition) is 2. The third-order valence-corrected chi connectivity index (χ3v) is 2.58. The van der Waals surface area contributed by atoms with Crippen LogP contribution in [-0.2, 0) is 11.3 Å². The molecule has 0 aliphatic heterocycles. The second-order valence-electron chi connectivity index (χ2n) is 3.12. The highest BCUT2D eigenvalue weighted by atomic mass is 79.9. The van der Waals surface area contributed by atoms with Gasteiger partial charge in [-0.1, -0.05) is 6.07 Å². The molecule has 2 nitrogen and oxygen atoms in total. The third kappa shape index (κ3) is 4.73. The molecule has 0 heterocycles. The molecule has 1 aromatic rings. The molecule has 4 heteroatoms. The van der Waals surface area contributed by atoms with Gasteiger partial charge in [0.2, 0.25) is 0 Å². The molecule has 1 N–H and O–H groups in total. The first-order valence-corrected chi connectivity index (χ1v) is 5.75. The van der Waals surface area contributed by atoms with Crippen LogP contribution in [0, 0.1) is 5.82 Å². The summed E-state index contributed by atoms with van der Waals surface area (Å²) in [6.07, 6.45) is 0. The minimum absolute atomic E-state index is 0.223. The molecule has 0 aromatic heterocycles. The number of rotatable bonds is 6. The van der Waals surface area contributed by atoms with E-state index < -0.39 is 0 Å². The molecule has 0 spiro atoms. The molecule has 0 aliphatic carbocycles. The first-order valence-electron chi connectivity index (χ1n) is 4.96. The smallest absolute Gasteiger partial charge is 0.137 e. The van der Waals surface area contributed by atoms with Gasteiger partial charge in [-0.3, -0.25) is 0 Å². The van der Waals surface area contributed by atoms with E-state index in [1.165, 1.54) is 6.07 Å². The fraction of sp³-hybridized carbons (Fsp3) is 0.455. The highest BCUT2D eigenvalue weighted by Crippen LogP contribution is 2.16. The second-order valence-corrected chi connectivity index (χ2v) is 3.98. The van der Waals surface area contributed by atoms with Gasteiger partial charge in [0.1, 0.15) is 5.82 Å². The molecule has 0 bridgehead atoms. The van der Waals surface area contributed by atoms with Crippen molar-refractivity contribution in [2.45, 2.75) is 13.5 Å². The van der Waals surface area contributed by atoms with Crippen LogP contribution in [0.3, 0.4) is 0 Å². The van der Waals surface area contributed by atoms with Crippen LogP contribution in [0.4, 0.5) is 4.39 Å². The quantitative estimate of drug-likeness (QED) is 0.807. The van der Waals surface area contributed by atoms with E-state index in [-0.39, 0.29) is 5.82 Å². The van der Waals surface area contributed by atoms with E-state index in [9.17, 15) is 4.39 Å². The first kappa shape index (κ1) is 12.6. The Hall–Kier alpha value is -0.450. The van der Waals surface area contributed by atoms with Crippen LogP contribution < -0.4 is 5.32 Å². The summed E-state index contributed by atoms with van der Waals surface area (Å²) in [7, 11) is 0. The summed E-state index contributed by atoms with van der Waals surface area (Å²) in [5.41, 5.74) is 0.937. The van der Waals surface area contributed by atoms with Crippen molar-refractivity contribution in [2.24, 2.45) is 0 Å². The zero-order chi connectivity index (χ0) is 11.1. The van der Waals surface area contributed by atoms with E-state index >= 15 is 0 Å². The molecule has 1 rings (SSSR count). The van der Waals surface area contributed by atoms with Crippen molar-refractivity contribution >= 4 is 15.9 Å². The Kier molecular flexibility index (Phi) is 5.83. The minimum atomic E-state index is -0.223. The maximum absolute atomic E-state index is 13.1. The summed E-state index contributed by atoms with van der Waals surface area (Å²) < 4.78 is 18.8. The number of benzene rings is 1. The van der Waals surface area contributed by atoms with Crippen LogP contribution in [0.15, 0.2) is 22.7 Å². The van der Waals surface area contributed by atoms with Crippen molar-refractivity contribution in [3.63, 3.8) is 0 Å². The molecule has 1 aromatic carbocycles.